The van der Waals surface area contributed by atoms with Crippen molar-refractivity contribution in [2.24, 2.45) is 10.8 Å². The predicted octanol–water partition coefficient (Wildman–Crippen LogP) is 4.76. The number of nitrogens with one attached hydrogen (secondary N) is 1. The Bertz CT molecular complexity index is 500. The van der Waals surface area contributed by atoms with E-state index in [0.29, 0.717) is 0 Å². The molecule has 4 nitrogen and oxygen atoms in total. The van der Waals surface area contributed by atoms with Crippen LogP contribution in [0, 0.1) is 0 Å². The molecule has 0 heterocycles. The summed E-state index contributed by atoms with van der Waals surface area (Å²) >= 11 is 4.73. The topological polar surface area (TPSA) is 59.6 Å². The van der Waals surface area contributed by atoms with Gasteiger partial charge in [0.25, 0.3) is 0 Å². The molecular weight excluding hydrogens is 318 g/mol. The van der Waals surface area contributed by atoms with Crippen molar-refractivity contribution in [2.45, 2.75) is 65.2 Å². The van der Waals surface area contributed by atoms with Crippen LogP contribution < -0.4 is 15.9 Å². The number of nitrogens with two attached hydrogens (primary N) is 1. The van der Waals surface area contributed by atoms with Gasteiger partial charge in [-0.25, -0.2) is 0 Å². The molecule has 3 N–H and O–H groups in total. The van der Waals surface area contributed by atoms with E-state index in [1.807, 2.05) is 31.2 Å². The molecule has 134 valence electrons. The van der Waals surface area contributed by atoms with Crippen molar-refractivity contribution in [2.75, 3.05) is 6.61 Å². The number of hydrazone groups is 1. The minimum atomic E-state index is 0.166. The number of hydrogen-bond donors (Lipinski definition) is 2. The molecule has 0 aliphatic rings. The summed E-state index contributed by atoms with van der Waals surface area (Å²) in [6.07, 6.45) is 10.5. The van der Waals surface area contributed by atoms with Crippen LogP contribution in [0.4, 0.5) is 0 Å². The zero-order valence-corrected chi connectivity index (χ0v) is 15.8. The molecule has 0 saturated carbocycles. The molecule has 0 radical (unpaired) electrons. The SMILES string of the molecule is CCCCCCCCCCOc1ccc(/C(C)=N\NC(N)=S)cc1. The molecular formula is C19H31N3OS. The van der Waals surface area contributed by atoms with Gasteiger partial charge in [0.2, 0.25) is 0 Å². The van der Waals surface area contributed by atoms with Crippen LogP contribution in [0.25, 0.3) is 0 Å². The van der Waals surface area contributed by atoms with Gasteiger partial charge in [0.1, 0.15) is 5.75 Å². The largest absolute Gasteiger partial charge is 0.494 e. The van der Waals surface area contributed by atoms with Crippen LogP contribution in [0.1, 0.15) is 70.8 Å². The molecule has 24 heavy (non-hydrogen) atoms. The summed E-state index contributed by atoms with van der Waals surface area (Å²) in [5.41, 5.74) is 9.79. The van der Waals surface area contributed by atoms with E-state index in [4.69, 9.17) is 22.7 Å². The van der Waals surface area contributed by atoms with E-state index in [0.717, 1.165) is 30.1 Å². The molecule has 0 bridgehead atoms. The summed E-state index contributed by atoms with van der Waals surface area (Å²) in [7, 11) is 0. The highest BCUT2D eigenvalue weighted by molar-refractivity contribution is 7.80. The van der Waals surface area contributed by atoms with Crippen molar-refractivity contribution in [3.8, 4) is 5.75 Å². The second-order valence-electron chi connectivity index (χ2n) is 6.02. The molecule has 1 aromatic carbocycles. The van der Waals surface area contributed by atoms with Crippen LogP contribution in [0.15, 0.2) is 29.4 Å². The first-order valence-electron chi connectivity index (χ1n) is 8.96. The molecule has 0 saturated heterocycles. The Labute approximate surface area is 151 Å². The van der Waals surface area contributed by atoms with E-state index in [1.165, 1.54) is 44.9 Å². The summed E-state index contributed by atoms with van der Waals surface area (Å²) in [6.45, 7) is 4.94. The molecule has 0 fully saturated rings. The number of benzene rings is 1. The molecule has 1 rings (SSSR count). The van der Waals surface area contributed by atoms with Crippen molar-refractivity contribution < 1.29 is 4.74 Å². The standard InChI is InChI=1S/C19H31N3OS/c1-3-4-5-6-7-8-9-10-15-23-18-13-11-17(12-14-18)16(2)21-22-19(20)24/h11-14H,3-10,15H2,1-2H3,(H3,20,22,24)/b21-16-. The molecule has 0 unspecified atom stereocenters. The molecule has 0 atom stereocenters. The summed E-state index contributed by atoms with van der Waals surface area (Å²) in [5.74, 6) is 0.900. The molecule has 0 aromatic heterocycles. The fourth-order valence-corrected chi connectivity index (χ4v) is 2.47. The van der Waals surface area contributed by atoms with E-state index in [1.54, 1.807) is 0 Å². The number of unbranched alkanes of at least 4 members (excludes halogenated alkanes) is 7. The van der Waals surface area contributed by atoms with Crippen molar-refractivity contribution in [3.63, 3.8) is 0 Å². The molecule has 0 spiro atoms. The van der Waals surface area contributed by atoms with Gasteiger partial charge in [0.15, 0.2) is 5.11 Å². The van der Waals surface area contributed by atoms with E-state index < -0.39 is 0 Å². The van der Waals surface area contributed by atoms with E-state index in [9.17, 15) is 0 Å². The summed E-state index contributed by atoms with van der Waals surface area (Å²) in [6, 6.07) is 7.92. The van der Waals surface area contributed by atoms with Gasteiger partial charge in [0.05, 0.1) is 12.3 Å². The quantitative estimate of drug-likeness (QED) is 0.247. The fraction of sp³-hybridized carbons (Fsp3) is 0.579. The third-order valence-corrected chi connectivity index (χ3v) is 3.96. The van der Waals surface area contributed by atoms with Crippen molar-refractivity contribution in [1.82, 2.24) is 5.43 Å². The average molecular weight is 350 g/mol. The maximum atomic E-state index is 5.79. The Morgan fingerprint density at radius 1 is 1.04 bits per heavy atom. The fourth-order valence-electron chi connectivity index (χ4n) is 2.42. The lowest BCUT2D eigenvalue weighted by Gasteiger charge is -2.07. The second-order valence-corrected chi connectivity index (χ2v) is 6.46. The van der Waals surface area contributed by atoms with Gasteiger partial charge in [-0.15, -0.1) is 0 Å². The van der Waals surface area contributed by atoms with E-state index >= 15 is 0 Å². The van der Waals surface area contributed by atoms with Crippen LogP contribution in [0.2, 0.25) is 0 Å². The van der Waals surface area contributed by atoms with Gasteiger partial charge in [-0.2, -0.15) is 5.10 Å². The molecule has 0 aliphatic carbocycles. The number of ether oxygens (including phenoxy) is 1. The average Bonchev–Trinajstić information content (AvgIpc) is 2.58. The first-order valence-corrected chi connectivity index (χ1v) is 9.37. The Morgan fingerprint density at radius 2 is 1.62 bits per heavy atom. The monoisotopic (exact) mass is 349 g/mol. The zero-order valence-electron chi connectivity index (χ0n) is 15.0. The van der Waals surface area contributed by atoms with Gasteiger partial charge < -0.3 is 10.5 Å². The Balaban J connectivity index is 2.18. The van der Waals surface area contributed by atoms with Crippen LogP contribution in [0.3, 0.4) is 0 Å². The summed E-state index contributed by atoms with van der Waals surface area (Å²) in [5, 5.41) is 4.27. The van der Waals surface area contributed by atoms with Crippen LogP contribution in [0.5, 0.6) is 5.75 Å². The normalized spacial score (nSPS) is 11.3. The number of nitrogens with zero attached hydrogens (tertiary/aromatic N) is 1. The lowest BCUT2D eigenvalue weighted by molar-refractivity contribution is 0.304. The minimum absolute atomic E-state index is 0.166. The first kappa shape index (κ1) is 20.4. The van der Waals surface area contributed by atoms with Gasteiger partial charge in [-0.1, -0.05) is 51.9 Å². The van der Waals surface area contributed by atoms with E-state index in [-0.39, 0.29) is 5.11 Å². The Hall–Kier alpha value is -1.62. The highest BCUT2D eigenvalue weighted by Crippen LogP contribution is 2.14. The second kappa shape index (κ2) is 12.8. The highest BCUT2D eigenvalue weighted by Gasteiger charge is 1.99. The maximum Gasteiger partial charge on any atom is 0.184 e. The Morgan fingerprint density at radius 3 is 2.21 bits per heavy atom. The third kappa shape index (κ3) is 9.50. The van der Waals surface area contributed by atoms with Gasteiger partial charge in [-0.3, -0.25) is 5.43 Å². The molecule has 1 aromatic rings. The van der Waals surface area contributed by atoms with Crippen molar-refractivity contribution in [3.05, 3.63) is 29.8 Å². The lowest BCUT2D eigenvalue weighted by Crippen LogP contribution is -2.25. The maximum absolute atomic E-state index is 5.79. The van der Waals surface area contributed by atoms with Gasteiger partial charge in [-0.05, 0) is 55.4 Å². The summed E-state index contributed by atoms with van der Waals surface area (Å²) < 4.78 is 5.79. The minimum Gasteiger partial charge on any atom is -0.494 e. The number of hydrogen-bond acceptors (Lipinski definition) is 3. The van der Waals surface area contributed by atoms with Crippen LogP contribution >= 0.6 is 12.2 Å². The number of rotatable bonds is 12. The smallest absolute Gasteiger partial charge is 0.184 e. The predicted molar refractivity (Wildman–Crippen MR) is 107 cm³/mol. The molecule has 0 amide bonds. The van der Waals surface area contributed by atoms with Crippen molar-refractivity contribution in [1.29, 1.82) is 0 Å². The first-order chi connectivity index (χ1) is 11.6. The van der Waals surface area contributed by atoms with Crippen LogP contribution in [-0.4, -0.2) is 17.4 Å². The third-order valence-electron chi connectivity index (χ3n) is 3.87. The number of thiocarbonyl (C=S) groups is 1. The van der Waals surface area contributed by atoms with Crippen LogP contribution in [-0.2, 0) is 0 Å². The lowest BCUT2D eigenvalue weighted by atomic mass is 10.1. The molecule has 5 heteroatoms. The van der Waals surface area contributed by atoms with Crippen molar-refractivity contribution >= 4 is 23.0 Å². The molecule has 0 aliphatic heterocycles. The van der Waals surface area contributed by atoms with Gasteiger partial charge >= 0.3 is 0 Å². The summed E-state index contributed by atoms with van der Waals surface area (Å²) in [4.78, 5) is 0. The zero-order chi connectivity index (χ0) is 17.6. The Kier molecular flexibility index (Phi) is 10.9. The van der Waals surface area contributed by atoms with E-state index in [2.05, 4.69) is 17.5 Å². The van der Waals surface area contributed by atoms with Gasteiger partial charge in [0, 0.05) is 0 Å². The highest BCUT2D eigenvalue weighted by atomic mass is 32.1.